The van der Waals surface area contributed by atoms with Gasteiger partial charge in [-0.15, -0.1) is 0 Å². The summed E-state index contributed by atoms with van der Waals surface area (Å²) in [6.45, 7) is 3.53. The first-order valence-corrected chi connectivity index (χ1v) is 12.1. The molecular weight excluding hydrogens is 478 g/mol. The number of benzene rings is 3. The van der Waals surface area contributed by atoms with E-state index in [-0.39, 0.29) is 11.7 Å². The molecule has 0 spiro atoms. The largest absolute Gasteiger partial charge is 0.504 e. The van der Waals surface area contributed by atoms with E-state index in [1.807, 2.05) is 55.5 Å². The van der Waals surface area contributed by atoms with Gasteiger partial charge in [0.15, 0.2) is 11.5 Å². The standard InChI is InChI=1S/C28H26ClN3O4/c1-3-36-21-11-9-20(10-12-21)32-27(18-6-13-22(33)23(16-18)35-2)24-25(17-4-7-19(29)8-5-17)30-14-15-31-26(24)28(32)34/h4-13,16,27,31,33H,3,14-15H2,1-2H3. The van der Waals surface area contributed by atoms with Gasteiger partial charge in [-0.2, -0.15) is 0 Å². The fourth-order valence-corrected chi connectivity index (χ4v) is 4.77. The number of phenolic OH excluding ortho intramolecular Hbond substituents is 1. The highest BCUT2D eigenvalue weighted by molar-refractivity contribution is 6.31. The highest BCUT2D eigenvalue weighted by Gasteiger charge is 2.44. The highest BCUT2D eigenvalue weighted by atomic mass is 35.5. The van der Waals surface area contributed by atoms with Crippen molar-refractivity contribution in [1.29, 1.82) is 0 Å². The Kier molecular flexibility index (Phi) is 6.57. The number of nitrogens with zero attached hydrogens (tertiary/aromatic N) is 2. The van der Waals surface area contributed by atoms with Crippen molar-refractivity contribution in [3.63, 3.8) is 0 Å². The van der Waals surface area contributed by atoms with Crippen LogP contribution in [0.15, 0.2) is 83.0 Å². The number of aliphatic imine (C=N–C) groups is 1. The van der Waals surface area contributed by atoms with Gasteiger partial charge in [-0.25, -0.2) is 0 Å². The number of hydrogen-bond acceptors (Lipinski definition) is 6. The van der Waals surface area contributed by atoms with Gasteiger partial charge in [0.2, 0.25) is 0 Å². The molecule has 0 aromatic heterocycles. The molecule has 1 unspecified atom stereocenters. The van der Waals surface area contributed by atoms with Gasteiger partial charge in [0, 0.05) is 28.4 Å². The molecule has 8 heteroatoms. The predicted molar refractivity (Wildman–Crippen MR) is 140 cm³/mol. The first-order chi connectivity index (χ1) is 17.5. The molecule has 2 aliphatic rings. The zero-order valence-corrected chi connectivity index (χ0v) is 20.7. The minimum absolute atomic E-state index is 0.0259. The van der Waals surface area contributed by atoms with Gasteiger partial charge in [0.1, 0.15) is 11.4 Å². The number of phenols is 1. The maximum Gasteiger partial charge on any atom is 0.275 e. The third-order valence-corrected chi connectivity index (χ3v) is 6.49. The summed E-state index contributed by atoms with van der Waals surface area (Å²) in [6.07, 6.45) is 0. The molecule has 5 rings (SSSR count). The first kappa shape index (κ1) is 23.8. The molecule has 0 radical (unpaired) electrons. The van der Waals surface area contributed by atoms with Crippen LogP contribution in [0.5, 0.6) is 17.2 Å². The molecule has 3 aromatic carbocycles. The maximum absolute atomic E-state index is 14.0. The Labute approximate surface area is 214 Å². The average Bonchev–Trinajstić information content (AvgIpc) is 3.03. The predicted octanol–water partition coefficient (Wildman–Crippen LogP) is 4.89. The van der Waals surface area contributed by atoms with E-state index in [9.17, 15) is 9.90 Å². The summed E-state index contributed by atoms with van der Waals surface area (Å²) < 4.78 is 11.0. The molecule has 0 aliphatic carbocycles. The lowest BCUT2D eigenvalue weighted by atomic mass is 9.91. The molecule has 0 saturated carbocycles. The number of anilines is 1. The van der Waals surface area contributed by atoms with Crippen molar-refractivity contribution in [2.75, 3.05) is 31.7 Å². The van der Waals surface area contributed by atoms with Crippen molar-refractivity contribution < 1.29 is 19.4 Å². The second-order valence-electron chi connectivity index (χ2n) is 8.39. The summed E-state index contributed by atoms with van der Waals surface area (Å²) in [5.41, 5.74) is 4.36. The number of ether oxygens (including phenoxy) is 2. The Balaban J connectivity index is 1.69. The van der Waals surface area contributed by atoms with E-state index < -0.39 is 6.04 Å². The smallest absolute Gasteiger partial charge is 0.275 e. The van der Waals surface area contributed by atoms with E-state index >= 15 is 0 Å². The van der Waals surface area contributed by atoms with Gasteiger partial charge < -0.3 is 19.9 Å². The summed E-state index contributed by atoms with van der Waals surface area (Å²) in [5, 5.41) is 14.2. The molecule has 2 heterocycles. The van der Waals surface area contributed by atoms with E-state index in [4.69, 9.17) is 26.1 Å². The average molecular weight is 504 g/mol. The molecule has 0 bridgehead atoms. The van der Waals surface area contributed by atoms with Gasteiger partial charge in [0.25, 0.3) is 5.91 Å². The second-order valence-corrected chi connectivity index (χ2v) is 8.82. The number of halogens is 1. The van der Waals surface area contributed by atoms with E-state index in [0.29, 0.717) is 41.9 Å². The molecule has 0 fully saturated rings. The minimum atomic E-state index is -0.514. The maximum atomic E-state index is 14.0. The third kappa shape index (κ3) is 4.27. The molecule has 3 aromatic rings. The van der Waals surface area contributed by atoms with Gasteiger partial charge in [-0.05, 0) is 61.0 Å². The van der Waals surface area contributed by atoms with Crippen LogP contribution < -0.4 is 19.7 Å². The van der Waals surface area contributed by atoms with Crippen LogP contribution >= 0.6 is 11.6 Å². The van der Waals surface area contributed by atoms with E-state index in [2.05, 4.69) is 5.32 Å². The number of carbonyl (C=O) groups excluding carboxylic acids is 1. The summed E-state index contributed by atoms with van der Waals surface area (Å²) in [4.78, 5) is 20.6. The van der Waals surface area contributed by atoms with Gasteiger partial charge in [-0.1, -0.05) is 29.8 Å². The van der Waals surface area contributed by atoms with Crippen molar-refractivity contribution >= 4 is 28.9 Å². The van der Waals surface area contributed by atoms with E-state index in [1.54, 1.807) is 23.1 Å². The number of amides is 1. The number of hydrogen-bond donors (Lipinski definition) is 2. The fraction of sp³-hybridized carbons (Fsp3) is 0.214. The number of aromatic hydroxyl groups is 1. The SMILES string of the molecule is CCOc1ccc(N2C(=O)C3=C(C(c4ccc(Cl)cc4)=NCCN3)C2c2ccc(O)c(OC)c2)cc1. The number of rotatable bonds is 6. The molecular formula is C28H26ClN3O4. The van der Waals surface area contributed by atoms with Crippen LogP contribution in [0.25, 0.3) is 0 Å². The lowest BCUT2D eigenvalue weighted by Gasteiger charge is -2.29. The van der Waals surface area contributed by atoms with E-state index in [1.165, 1.54) is 7.11 Å². The van der Waals surface area contributed by atoms with Crippen molar-refractivity contribution in [2.45, 2.75) is 13.0 Å². The molecule has 1 atom stereocenters. The van der Waals surface area contributed by atoms with Crippen LogP contribution in [0, 0.1) is 0 Å². The highest BCUT2D eigenvalue weighted by Crippen LogP contribution is 2.44. The Morgan fingerprint density at radius 2 is 1.86 bits per heavy atom. The minimum Gasteiger partial charge on any atom is -0.504 e. The van der Waals surface area contributed by atoms with Gasteiger partial charge >= 0.3 is 0 Å². The Morgan fingerprint density at radius 1 is 1.11 bits per heavy atom. The van der Waals surface area contributed by atoms with Gasteiger partial charge in [0.05, 0.1) is 32.0 Å². The molecule has 1 amide bonds. The van der Waals surface area contributed by atoms with E-state index in [0.717, 1.165) is 28.2 Å². The molecule has 36 heavy (non-hydrogen) atoms. The van der Waals surface area contributed by atoms with Crippen molar-refractivity contribution in [3.05, 3.63) is 94.1 Å². The van der Waals surface area contributed by atoms with Gasteiger partial charge in [-0.3, -0.25) is 14.7 Å². The summed E-state index contributed by atoms with van der Waals surface area (Å²) >= 11 is 6.15. The first-order valence-electron chi connectivity index (χ1n) is 11.7. The number of methoxy groups -OCH3 is 1. The Hall–Kier alpha value is -3.97. The normalized spacial score (nSPS) is 17.3. The van der Waals surface area contributed by atoms with Crippen molar-refractivity contribution in [3.8, 4) is 17.2 Å². The molecule has 2 N–H and O–H groups in total. The number of carbonyl (C=O) groups is 1. The molecule has 184 valence electrons. The zero-order chi connectivity index (χ0) is 25.2. The fourth-order valence-electron chi connectivity index (χ4n) is 4.64. The summed E-state index contributed by atoms with van der Waals surface area (Å²) in [7, 11) is 1.50. The summed E-state index contributed by atoms with van der Waals surface area (Å²) in [6, 6.07) is 19.5. The lowest BCUT2D eigenvalue weighted by molar-refractivity contribution is -0.115. The van der Waals surface area contributed by atoms with Crippen LogP contribution in [0.4, 0.5) is 5.69 Å². The van der Waals surface area contributed by atoms with Crippen LogP contribution in [0.1, 0.15) is 24.1 Å². The Bertz CT molecular complexity index is 1350. The van der Waals surface area contributed by atoms with Crippen LogP contribution in [0.2, 0.25) is 5.02 Å². The quantitative estimate of drug-likeness (QED) is 0.500. The topological polar surface area (TPSA) is 83.4 Å². The van der Waals surface area contributed by atoms with Crippen molar-refractivity contribution in [1.82, 2.24) is 5.32 Å². The van der Waals surface area contributed by atoms with Crippen LogP contribution in [-0.2, 0) is 4.79 Å². The monoisotopic (exact) mass is 503 g/mol. The molecule has 2 aliphatic heterocycles. The zero-order valence-electron chi connectivity index (χ0n) is 20.0. The summed E-state index contributed by atoms with van der Waals surface area (Å²) in [5.74, 6) is 0.923. The molecule has 7 nitrogen and oxygen atoms in total. The number of nitrogens with one attached hydrogen (secondary N) is 1. The Morgan fingerprint density at radius 3 is 2.56 bits per heavy atom. The van der Waals surface area contributed by atoms with Crippen LogP contribution in [-0.4, -0.2) is 43.5 Å². The molecule has 0 saturated heterocycles. The lowest BCUT2D eigenvalue weighted by Crippen LogP contribution is -2.33. The third-order valence-electron chi connectivity index (χ3n) is 6.24. The van der Waals surface area contributed by atoms with Crippen LogP contribution in [0.3, 0.4) is 0 Å². The van der Waals surface area contributed by atoms with Crippen molar-refractivity contribution in [2.24, 2.45) is 4.99 Å². The second kappa shape index (κ2) is 9.95.